The largest absolute Gasteiger partial charge is 0.334 e. The molecule has 3 rings (SSSR count). The van der Waals surface area contributed by atoms with E-state index in [2.05, 4.69) is 17.1 Å². The number of hydrogen-bond acceptors (Lipinski definition) is 4. The summed E-state index contributed by atoms with van der Waals surface area (Å²) in [5.41, 5.74) is 3.23. The molecule has 0 unspecified atom stereocenters. The summed E-state index contributed by atoms with van der Waals surface area (Å²) < 4.78 is 33.6. The number of rotatable bonds is 9. The smallest absolute Gasteiger partial charge is 0.270 e. The second-order valence-corrected chi connectivity index (χ2v) is 9.04. The average molecular weight is 501 g/mol. The van der Waals surface area contributed by atoms with Crippen LogP contribution in [-0.4, -0.2) is 16.4 Å². The summed E-state index contributed by atoms with van der Waals surface area (Å²) in [6, 6.07) is 12.9. The number of aldehydes is 1. The molecule has 0 aliphatic rings. The van der Waals surface area contributed by atoms with Crippen LogP contribution in [0.2, 0.25) is 0 Å². The maximum atomic E-state index is 14.1. The van der Waals surface area contributed by atoms with Crippen molar-refractivity contribution in [2.24, 2.45) is 11.8 Å². The molecule has 0 spiro atoms. The van der Waals surface area contributed by atoms with E-state index < -0.39 is 5.92 Å². The highest BCUT2D eigenvalue weighted by Gasteiger charge is 2.28. The van der Waals surface area contributed by atoms with Gasteiger partial charge in [-0.3, -0.25) is 0 Å². The van der Waals surface area contributed by atoms with Gasteiger partial charge in [0.1, 0.15) is 6.29 Å². The zero-order valence-corrected chi connectivity index (χ0v) is 23.1. The molecule has 0 atom stereocenters. The molecule has 0 aliphatic heterocycles. The number of carbonyl (C=O) groups is 1. The van der Waals surface area contributed by atoms with Gasteiger partial charge in [-0.15, -0.1) is 0 Å². The second kappa shape index (κ2) is 15.3. The predicted molar refractivity (Wildman–Crippen MR) is 144 cm³/mol. The zero-order chi connectivity index (χ0) is 27.3. The fourth-order valence-corrected chi connectivity index (χ4v) is 3.56. The molecule has 36 heavy (non-hydrogen) atoms. The summed E-state index contributed by atoms with van der Waals surface area (Å²) in [7, 11) is 0. The van der Waals surface area contributed by atoms with E-state index in [9.17, 15) is 13.6 Å². The van der Waals surface area contributed by atoms with Crippen molar-refractivity contribution in [3.8, 4) is 22.8 Å². The lowest BCUT2D eigenvalue weighted by molar-refractivity contribution is -0.111. The van der Waals surface area contributed by atoms with Crippen LogP contribution >= 0.6 is 0 Å². The Morgan fingerprint density at radius 1 is 0.972 bits per heavy atom. The Labute approximate surface area is 215 Å². The van der Waals surface area contributed by atoms with E-state index in [0.717, 1.165) is 38.0 Å². The molecule has 0 N–H and O–H groups in total. The molecule has 0 fully saturated rings. The Bertz CT molecular complexity index is 1030. The monoisotopic (exact) mass is 500 g/mol. The van der Waals surface area contributed by atoms with Gasteiger partial charge in [-0.05, 0) is 60.9 Å². The molecule has 4 nitrogen and oxygen atoms in total. The first-order chi connectivity index (χ1) is 17.1. The van der Waals surface area contributed by atoms with Crippen molar-refractivity contribution in [2.45, 2.75) is 87.0 Å². The summed E-state index contributed by atoms with van der Waals surface area (Å²) in [5.74, 6) is -1.64. The van der Waals surface area contributed by atoms with E-state index in [1.807, 2.05) is 65.8 Å². The number of nitrogens with zero attached hydrogens (tertiary/aromatic N) is 2. The Balaban J connectivity index is 0.000000623. The number of alkyl halides is 2. The SMILES string of the molecule is CC.CCC(C=O)CC.CCc1ccc(-c2nc(-c3ccc(CC(C)C)c(C(C)(F)F)c3)no2)cc1. The Kier molecular flexibility index (Phi) is 13.2. The minimum absolute atomic E-state index is 0.0207. The third-order valence-corrected chi connectivity index (χ3v) is 5.75. The molecule has 3 aromatic rings. The van der Waals surface area contributed by atoms with Crippen molar-refractivity contribution in [1.29, 1.82) is 0 Å². The van der Waals surface area contributed by atoms with Gasteiger partial charge in [-0.1, -0.05) is 77.9 Å². The number of aryl methyl sites for hydroxylation is 1. The first-order valence-corrected chi connectivity index (χ1v) is 13.0. The van der Waals surface area contributed by atoms with E-state index in [4.69, 9.17) is 4.52 Å². The third-order valence-electron chi connectivity index (χ3n) is 5.75. The quantitative estimate of drug-likeness (QED) is 0.275. The number of benzene rings is 2. The predicted octanol–water partition coefficient (Wildman–Crippen LogP) is 8.92. The summed E-state index contributed by atoms with van der Waals surface area (Å²) in [6.45, 7) is 15.1. The third kappa shape index (κ3) is 9.29. The van der Waals surface area contributed by atoms with Crippen molar-refractivity contribution < 1.29 is 18.1 Å². The van der Waals surface area contributed by atoms with Crippen LogP contribution in [-0.2, 0) is 23.6 Å². The minimum Gasteiger partial charge on any atom is -0.334 e. The maximum absolute atomic E-state index is 14.1. The first-order valence-electron chi connectivity index (χ1n) is 13.0. The van der Waals surface area contributed by atoms with Crippen LogP contribution in [0.15, 0.2) is 47.0 Å². The van der Waals surface area contributed by atoms with Gasteiger partial charge < -0.3 is 9.32 Å². The molecule has 1 heterocycles. The average Bonchev–Trinajstić information content (AvgIpc) is 3.36. The molecule has 6 heteroatoms. The molecule has 0 saturated carbocycles. The minimum atomic E-state index is -2.93. The normalized spacial score (nSPS) is 11.0. The lowest BCUT2D eigenvalue weighted by Crippen LogP contribution is -2.12. The van der Waals surface area contributed by atoms with Crippen LogP contribution in [0.25, 0.3) is 22.8 Å². The van der Waals surface area contributed by atoms with Crippen molar-refractivity contribution in [1.82, 2.24) is 10.1 Å². The summed E-state index contributed by atoms with van der Waals surface area (Å²) in [6.07, 6.45) is 4.55. The van der Waals surface area contributed by atoms with Crippen LogP contribution in [0, 0.1) is 11.8 Å². The fourth-order valence-electron chi connectivity index (χ4n) is 3.56. The van der Waals surface area contributed by atoms with E-state index in [-0.39, 0.29) is 5.56 Å². The highest BCUT2D eigenvalue weighted by molar-refractivity contribution is 5.61. The van der Waals surface area contributed by atoms with E-state index in [1.165, 1.54) is 11.6 Å². The van der Waals surface area contributed by atoms with Crippen LogP contribution in [0.3, 0.4) is 0 Å². The Morgan fingerprint density at radius 2 is 1.56 bits per heavy atom. The highest BCUT2D eigenvalue weighted by Crippen LogP contribution is 2.34. The molecule has 0 aliphatic carbocycles. The van der Waals surface area contributed by atoms with Crippen molar-refractivity contribution in [3.63, 3.8) is 0 Å². The molecule has 0 radical (unpaired) electrons. The van der Waals surface area contributed by atoms with Crippen LogP contribution in [0.1, 0.15) is 84.9 Å². The molecule has 0 saturated heterocycles. The number of carbonyl (C=O) groups excluding carboxylic acids is 1. The molecule has 198 valence electrons. The molecule has 0 bridgehead atoms. The summed E-state index contributed by atoms with van der Waals surface area (Å²) in [5, 5.41) is 3.99. The lowest BCUT2D eigenvalue weighted by Gasteiger charge is -2.18. The molecular weight excluding hydrogens is 458 g/mol. The Hall–Kier alpha value is -2.89. The van der Waals surface area contributed by atoms with Crippen molar-refractivity contribution >= 4 is 6.29 Å². The van der Waals surface area contributed by atoms with Gasteiger partial charge in [0.2, 0.25) is 5.82 Å². The van der Waals surface area contributed by atoms with Crippen molar-refractivity contribution in [3.05, 3.63) is 59.2 Å². The topological polar surface area (TPSA) is 56.0 Å². The fraction of sp³-hybridized carbons (Fsp3) is 0.500. The number of aromatic nitrogens is 2. The second-order valence-electron chi connectivity index (χ2n) is 9.04. The van der Waals surface area contributed by atoms with E-state index in [1.54, 1.807) is 12.1 Å². The maximum Gasteiger partial charge on any atom is 0.270 e. The number of hydrogen-bond donors (Lipinski definition) is 0. The van der Waals surface area contributed by atoms with Crippen molar-refractivity contribution in [2.75, 3.05) is 0 Å². The highest BCUT2D eigenvalue weighted by atomic mass is 19.3. The molecular formula is C30H42F2N2O2. The zero-order valence-electron chi connectivity index (χ0n) is 23.1. The van der Waals surface area contributed by atoms with Gasteiger partial charge in [0.25, 0.3) is 11.8 Å². The summed E-state index contributed by atoms with van der Waals surface area (Å²) >= 11 is 0. The lowest BCUT2D eigenvalue weighted by atomic mass is 9.93. The van der Waals surface area contributed by atoms with Gasteiger partial charge >= 0.3 is 0 Å². The van der Waals surface area contributed by atoms with Gasteiger partial charge in [0, 0.05) is 29.5 Å². The first kappa shape index (κ1) is 31.1. The van der Waals surface area contributed by atoms with Crippen LogP contribution in [0.5, 0.6) is 0 Å². The number of halogens is 2. The summed E-state index contributed by atoms with van der Waals surface area (Å²) in [4.78, 5) is 14.4. The molecule has 0 amide bonds. The van der Waals surface area contributed by atoms with Gasteiger partial charge in [-0.25, -0.2) is 8.78 Å². The molecule has 1 aromatic heterocycles. The van der Waals surface area contributed by atoms with Crippen LogP contribution in [0.4, 0.5) is 8.78 Å². The van der Waals surface area contributed by atoms with Crippen LogP contribution < -0.4 is 0 Å². The van der Waals surface area contributed by atoms with Gasteiger partial charge in [0.05, 0.1) is 0 Å². The van der Waals surface area contributed by atoms with Gasteiger partial charge in [0.15, 0.2) is 0 Å². The Morgan fingerprint density at radius 3 is 2.00 bits per heavy atom. The van der Waals surface area contributed by atoms with E-state index in [0.29, 0.717) is 41.1 Å². The standard InChI is InChI=1S/C22H24F2N2O.C6H12O.C2H6/c1-5-15-6-8-16(9-7-15)21-25-20(26-27-21)18-11-10-17(12-14(2)3)19(13-18)22(4,23)24;1-3-6(4-2)5-7;1-2/h6-11,13-14H,5,12H2,1-4H3;5-6H,3-4H2,1-2H3;1-2H3. The molecule has 2 aromatic carbocycles. The van der Waals surface area contributed by atoms with Gasteiger partial charge in [-0.2, -0.15) is 4.98 Å². The van der Waals surface area contributed by atoms with E-state index >= 15 is 0 Å².